The predicted octanol–water partition coefficient (Wildman–Crippen LogP) is 1.20. The van der Waals surface area contributed by atoms with Gasteiger partial charge < -0.3 is 20.4 Å². The number of anilines is 2. The second kappa shape index (κ2) is 6.74. The summed E-state index contributed by atoms with van der Waals surface area (Å²) in [7, 11) is -3.08. The second-order valence-corrected chi connectivity index (χ2v) is 9.63. The molecular formula is C18H26N4O3S. The summed E-state index contributed by atoms with van der Waals surface area (Å²) < 4.78 is 23.9. The number of hydrogen-bond acceptors (Lipinski definition) is 5. The maximum absolute atomic E-state index is 12.9. The molecule has 0 spiro atoms. The molecule has 7 nitrogen and oxygen atoms in total. The van der Waals surface area contributed by atoms with Gasteiger partial charge in [0.1, 0.15) is 0 Å². The molecule has 2 atom stereocenters. The smallest absolute Gasteiger partial charge is 0.322 e. The third-order valence-corrected chi connectivity index (χ3v) is 7.45. The van der Waals surface area contributed by atoms with Crippen molar-refractivity contribution in [3.05, 3.63) is 23.8 Å². The van der Waals surface area contributed by atoms with Crippen molar-refractivity contribution < 1.29 is 13.2 Å². The molecule has 3 fully saturated rings. The average Bonchev–Trinajstić information content (AvgIpc) is 3.22. The number of rotatable bonds is 2. The van der Waals surface area contributed by atoms with Crippen LogP contribution in [0.5, 0.6) is 0 Å². The molecule has 1 aromatic rings. The van der Waals surface area contributed by atoms with E-state index in [1.165, 1.54) is 18.5 Å². The topological polar surface area (TPSA) is 81.8 Å². The Kier molecular flexibility index (Phi) is 4.56. The van der Waals surface area contributed by atoms with Gasteiger partial charge in [-0.25, -0.2) is 13.2 Å². The Balaban J connectivity index is 1.52. The Hall–Kier alpha value is -1.80. The van der Waals surface area contributed by atoms with Crippen LogP contribution in [0.15, 0.2) is 18.2 Å². The number of carbonyl (C=O) groups is 1. The summed E-state index contributed by atoms with van der Waals surface area (Å²) in [5, 5.41) is 6.26. The molecule has 2 unspecified atom stereocenters. The first-order valence-electron chi connectivity index (χ1n) is 9.30. The van der Waals surface area contributed by atoms with Gasteiger partial charge in [0.05, 0.1) is 17.5 Å². The zero-order valence-corrected chi connectivity index (χ0v) is 15.9. The molecule has 142 valence electrons. The Morgan fingerprint density at radius 1 is 1.19 bits per heavy atom. The molecule has 3 saturated heterocycles. The quantitative estimate of drug-likeness (QED) is 0.808. The summed E-state index contributed by atoms with van der Waals surface area (Å²) in [6.07, 6.45) is 2.41. The molecule has 3 heterocycles. The van der Waals surface area contributed by atoms with E-state index in [1.807, 2.05) is 19.1 Å². The fourth-order valence-electron chi connectivity index (χ4n) is 4.37. The van der Waals surface area contributed by atoms with Crippen LogP contribution in [0.3, 0.4) is 0 Å². The van der Waals surface area contributed by atoms with Crippen LogP contribution >= 0.6 is 0 Å². The van der Waals surface area contributed by atoms with Crippen molar-refractivity contribution in [1.29, 1.82) is 0 Å². The van der Waals surface area contributed by atoms with E-state index in [4.69, 9.17) is 0 Å². The monoisotopic (exact) mass is 378 g/mol. The number of nitrogens with zero attached hydrogens (tertiary/aromatic N) is 2. The minimum atomic E-state index is -3.08. The number of nitrogens with one attached hydrogen (secondary N) is 2. The number of benzene rings is 1. The summed E-state index contributed by atoms with van der Waals surface area (Å²) in [6.45, 7) is 5.28. The van der Waals surface area contributed by atoms with Gasteiger partial charge in [-0.05, 0) is 37.5 Å². The van der Waals surface area contributed by atoms with E-state index in [9.17, 15) is 13.2 Å². The predicted molar refractivity (Wildman–Crippen MR) is 103 cm³/mol. The zero-order valence-electron chi connectivity index (χ0n) is 15.1. The highest BCUT2D eigenvalue weighted by atomic mass is 32.2. The lowest BCUT2D eigenvalue weighted by atomic mass is 10.1. The summed E-state index contributed by atoms with van der Waals surface area (Å²) in [5.74, 6) is 0.163. The summed E-state index contributed by atoms with van der Waals surface area (Å²) in [6, 6.07) is 5.34. The van der Waals surface area contributed by atoms with Crippen LogP contribution in [0.4, 0.5) is 16.2 Å². The molecule has 0 aliphatic carbocycles. The van der Waals surface area contributed by atoms with E-state index >= 15 is 0 Å². The van der Waals surface area contributed by atoms with Crippen LogP contribution in [0.2, 0.25) is 0 Å². The number of amides is 2. The molecule has 0 saturated carbocycles. The molecule has 1 aromatic carbocycles. The lowest BCUT2D eigenvalue weighted by molar-refractivity contribution is 0.163. The molecule has 4 rings (SSSR count). The molecule has 0 bridgehead atoms. The van der Waals surface area contributed by atoms with Gasteiger partial charge in [-0.15, -0.1) is 0 Å². The highest BCUT2D eigenvalue weighted by Crippen LogP contribution is 2.30. The molecule has 8 heteroatoms. The Labute approximate surface area is 154 Å². The van der Waals surface area contributed by atoms with Crippen molar-refractivity contribution in [1.82, 2.24) is 10.2 Å². The van der Waals surface area contributed by atoms with E-state index < -0.39 is 9.84 Å². The van der Waals surface area contributed by atoms with Gasteiger partial charge >= 0.3 is 6.03 Å². The van der Waals surface area contributed by atoms with Gasteiger partial charge in [0.15, 0.2) is 9.84 Å². The lowest BCUT2D eigenvalue weighted by Crippen LogP contribution is -2.59. The van der Waals surface area contributed by atoms with Crippen molar-refractivity contribution in [3.63, 3.8) is 0 Å². The van der Waals surface area contributed by atoms with Gasteiger partial charge in [0.25, 0.3) is 0 Å². The van der Waals surface area contributed by atoms with E-state index in [0.717, 1.165) is 24.3 Å². The fourth-order valence-corrected chi connectivity index (χ4v) is 6.32. The number of piperazine rings is 1. The zero-order chi connectivity index (χ0) is 18.3. The van der Waals surface area contributed by atoms with Crippen molar-refractivity contribution in [2.24, 2.45) is 0 Å². The fraction of sp³-hybridized carbons (Fsp3) is 0.611. The first-order chi connectivity index (χ1) is 12.4. The van der Waals surface area contributed by atoms with E-state index in [-0.39, 0.29) is 29.6 Å². The maximum atomic E-state index is 12.9. The van der Waals surface area contributed by atoms with Crippen molar-refractivity contribution in [3.8, 4) is 0 Å². The molecule has 26 heavy (non-hydrogen) atoms. The van der Waals surface area contributed by atoms with Crippen molar-refractivity contribution in [2.45, 2.75) is 31.8 Å². The van der Waals surface area contributed by atoms with E-state index in [2.05, 4.69) is 21.6 Å². The normalized spacial score (nSPS) is 27.4. The summed E-state index contributed by atoms with van der Waals surface area (Å²) >= 11 is 0. The number of hydrogen-bond donors (Lipinski definition) is 2. The second-order valence-electron chi connectivity index (χ2n) is 7.47. The molecule has 0 aromatic heterocycles. The van der Waals surface area contributed by atoms with E-state index in [0.29, 0.717) is 13.1 Å². The Bertz CT molecular complexity index is 805. The number of sulfone groups is 1. The van der Waals surface area contributed by atoms with Crippen molar-refractivity contribution >= 4 is 27.2 Å². The molecule has 2 N–H and O–H groups in total. The van der Waals surface area contributed by atoms with Crippen LogP contribution in [-0.4, -0.2) is 69.1 Å². The Morgan fingerprint density at radius 2 is 1.96 bits per heavy atom. The van der Waals surface area contributed by atoms with Gasteiger partial charge in [0, 0.05) is 43.6 Å². The lowest BCUT2D eigenvalue weighted by Gasteiger charge is -2.37. The highest BCUT2D eigenvalue weighted by Gasteiger charge is 2.44. The van der Waals surface area contributed by atoms with Crippen LogP contribution in [-0.2, 0) is 9.84 Å². The summed E-state index contributed by atoms with van der Waals surface area (Å²) in [5.41, 5.74) is 3.03. The number of fused-ring (bicyclic) bond motifs is 1. The third kappa shape index (κ3) is 3.27. The number of carbonyl (C=O) groups excluding carboxylic acids is 1. The third-order valence-electron chi connectivity index (χ3n) is 5.74. The summed E-state index contributed by atoms with van der Waals surface area (Å²) in [4.78, 5) is 16.9. The molecule has 3 aliphatic rings. The van der Waals surface area contributed by atoms with Crippen LogP contribution in [0.1, 0.15) is 18.4 Å². The van der Waals surface area contributed by atoms with E-state index in [1.54, 1.807) is 4.90 Å². The SMILES string of the molecule is Cc1c(NC(=O)N2CCNC3CS(=O)(=O)CC32)cccc1N1CCCC1. The minimum absolute atomic E-state index is 0.0465. The van der Waals surface area contributed by atoms with Crippen molar-refractivity contribution in [2.75, 3.05) is 47.9 Å². The number of urea groups is 1. The van der Waals surface area contributed by atoms with Gasteiger partial charge in [0.2, 0.25) is 0 Å². The van der Waals surface area contributed by atoms with Crippen LogP contribution in [0, 0.1) is 6.92 Å². The minimum Gasteiger partial charge on any atom is -0.371 e. The molecular weight excluding hydrogens is 352 g/mol. The molecule has 3 aliphatic heterocycles. The first-order valence-corrected chi connectivity index (χ1v) is 11.1. The van der Waals surface area contributed by atoms with Crippen LogP contribution in [0.25, 0.3) is 0 Å². The molecule has 0 radical (unpaired) electrons. The van der Waals surface area contributed by atoms with Gasteiger partial charge in [-0.2, -0.15) is 0 Å². The molecule has 2 amide bonds. The van der Waals surface area contributed by atoms with Crippen LogP contribution < -0.4 is 15.5 Å². The largest absolute Gasteiger partial charge is 0.371 e. The van der Waals surface area contributed by atoms with Gasteiger partial charge in [-0.1, -0.05) is 6.07 Å². The Morgan fingerprint density at radius 3 is 2.73 bits per heavy atom. The maximum Gasteiger partial charge on any atom is 0.322 e. The standard InChI is InChI=1S/C18H26N4O3S/c1-13-14(5-4-6-16(13)21-8-2-3-9-21)20-18(23)22-10-7-19-15-11-26(24,25)12-17(15)22/h4-6,15,17,19H,2-3,7-12H2,1H3,(H,20,23). The first kappa shape index (κ1) is 17.6. The highest BCUT2D eigenvalue weighted by molar-refractivity contribution is 7.91. The van der Waals surface area contributed by atoms with Gasteiger partial charge in [-0.3, -0.25) is 0 Å². The average molecular weight is 378 g/mol.